The molecule has 0 fully saturated rings. The Labute approximate surface area is 135 Å². The molecule has 0 aliphatic heterocycles. The SMILES string of the molecule is CN(CCCOc1ccccc1)[C@H](C(N)=O)c1ccc(F)cc1. The first-order valence-electron chi connectivity index (χ1n) is 7.51. The van der Waals surface area contributed by atoms with Gasteiger partial charge in [0.15, 0.2) is 0 Å². The van der Waals surface area contributed by atoms with E-state index in [9.17, 15) is 9.18 Å². The van der Waals surface area contributed by atoms with E-state index < -0.39 is 11.9 Å². The summed E-state index contributed by atoms with van der Waals surface area (Å²) in [4.78, 5) is 13.6. The Hall–Kier alpha value is -2.40. The van der Waals surface area contributed by atoms with Gasteiger partial charge in [-0.1, -0.05) is 30.3 Å². The molecule has 122 valence electrons. The number of likely N-dealkylation sites (N-methyl/N-ethyl adjacent to an activating group) is 1. The molecule has 2 aromatic carbocycles. The van der Waals surface area contributed by atoms with Crippen LogP contribution >= 0.6 is 0 Å². The third kappa shape index (κ3) is 5.07. The van der Waals surface area contributed by atoms with Crippen molar-refractivity contribution in [1.29, 1.82) is 0 Å². The molecule has 0 heterocycles. The maximum absolute atomic E-state index is 13.0. The zero-order valence-corrected chi connectivity index (χ0v) is 13.1. The van der Waals surface area contributed by atoms with E-state index in [1.54, 1.807) is 12.1 Å². The molecule has 2 N–H and O–H groups in total. The normalized spacial score (nSPS) is 12.1. The van der Waals surface area contributed by atoms with Gasteiger partial charge >= 0.3 is 0 Å². The van der Waals surface area contributed by atoms with Gasteiger partial charge in [0.2, 0.25) is 5.91 Å². The Morgan fingerprint density at radius 1 is 1.17 bits per heavy atom. The lowest BCUT2D eigenvalue weighted by molar-refractivity contribution is -0.123. The zero-order chi connectivity index (χ0) is 16.7. The molecule has 5 heteroatoms. The van der Waals surface area contributed by atoms with Gasteiger partial charge in [-0.2, -0.15) is 0 Å². The van der Waals surface area contributed by atoms with E-state index in [1.165, 1.54) is 12.1 Å². The highest BCUT2D eigenvalue weighted by Gasteiger charge is 2.22. The standard InChI is InChI=1S/C18H21FN2O2/c1-21(12-5-13-23-16-6-3-2-4-7-16)17(18(20)22)14-8-10-15(19)11-9-14/h2-4,6-11,17H,5,12-13H2,1H3,(H2,20,22)/t17-/m0/s1. The number of halogens is 1. The highest BCUT2D eigenvalue weighted by molar-refractivity contribution is 5.81. The number of carbonyl (C=O) groups excluding carboxylic acids is 1. The van der Waals surface area contributed by atoms with Crippen LogP contribution in [0.5, 0.6) is 5.75 Å². The van der Waals surface area contributed by atoms with Crippen LogP contribution in [0.25, 0.3) is 0 Å². The molecule has 1 atom stereocenters. The molecule has 0 aliphatic rings. The summed E-state index contributed by atoms with van der Waals surface area (Å²) >= 11 is 0. The van der Waals surface area contributed by atoms with Gasteiger partial charge in [-0.3, -0.25) is 9.69 Å². The maximum atomic E-state index is 13.0. The van der Waals surface area contributed by atoms with Gasteiger partial charge in [-0.05, 0) is 43.3 Å². The highest BCUT2D eigenvalue weighted by atomic mass is 19.1. The first-order valence-corrected chi connectivity index (χ1v) is 7.51. The van der Waals surface area contributed by atoms with Crippen LogP contribution in [0.1, 0.15) is 18.0 Å². The van der Waals surface area contributed by atoms with Crippen LogP contribution in [0.15, 0.2) is 54.6 Å². The second-order valence-corrected chi connectivity index (χ2v) is 5.35. The number of hydrogen-bond donors (Lipinski definition) is 1. The average Bonchev–Trinajstić information content (AvgIpc) is 2.54. The van der Waals surface area contributed by atoms with Crippen molar-refractivity contribution in [2.45, 2.75) is 12.5 Å². The van der Waals surface area contributed by atoms with Gasteiger partial charge in [0.1, 0.15) is 17.6 Å². The number of rotatable bonds is 8. The molecule has 0 saturated carbocycles. The number of primary amides is 1. The Kier molecular flexibility index (Phi) is 6.11. The van der Waals surface area contributed by atoms with Crippen LogP contribution in [-0.4, -0.2) is 31.0 Å². The maximum Gasteiger partial charge on any atom is 0.239 e. The smallest absolute Gasteiger partial charge is 0.239 e. The molecule has 0 saturated heterocycles. The third-order valence-electron chi connectivity index (χ3n) is 3.56. The number of para-hydroxylation sites is 1. The minimum Gasteiger partial charge on any atom is -0.494 e. The van der Waals surface area contributed by atoms with E-state index in [-0.39, 0.29) is 5.82 Å². The van der Waals surface area contributed by atoms with E-state index in [0.29, 0.717) is 18.7 Å². The van der Waals surface area contributed by atoms with Crippen LogP contribution in [0.2, 0.25) is 0 Å². The van der Waals surface area contributed by atoms with Gasteiger partial charge in [0.05, 0.1) is 6.61 Å². The van der Waals surface area contributed by atoms with Crippen molar-refractivity contribution in [1.82, 2.24) is 4.90 Å². The fourth-order valence-electron chi connectivity index (χ4n) is 2.43. The van der Waals surface area contributed by atoms with Crippen molar-refractivity contribution in [3.8, 4) is 5.75 Å². The second kappa shape index (κ2) is 8.29. The molecule has 23 heavy (non-hydrogen) atoms. The Bertz CT molecular complexity index is 617. The number of amides is 1. The molecule has 2 rings (SSSR count). The quantitative estimate of drug-likeness (QED) is 0.762. The summed E-state index contributed by atoms with van der Waals surface area (Å²) in [7, 11) is 1.82. The first kappa shape index (κ1) is 17.0. The average molecular weight is 316 g/mol. The summed E-state index contributed by atoms with van der Waals surface area (Å²) in [5.74, 6) is 0.0270. The molecule has 0 radical (unpaired) electrons. The predicted octanol–water partition coefficient (Wildman–Crippen LogP) is 2.75. The summed E-state index contributed by atoms with van der Waals surface area (Å²) in [5, 5.41) is 0. The van der Waals surface area contributed by atoms with Crippen molar-refractivity contribution >= 4 is 5.91 Å². The van der Waals surface area contributed by atoms with E-state index in [2.05, 4.69) is 0 Å². The summed E-state index contributed by atoms with van der Waals surface area (Å²) in [6.45, 7) is 1.18. The third-order valence-corrected chi connectivity index (χ3v) is 3.56. The fraction of sp³-hybridized carbons (Fsp3) is 0.278. The number of nitrogens with zero attached hydrogens (tertiary/aromatic N) is 1. The van der Waals surface area contributed by atoms with E-state index >= 15 is 0 Å². The Morgan fingerprint density at radius 2 is 1.83 bits per heavy atom. The molecule has 2 aromatic rings. The van der Waals surface area contributed by atoms with Gasteiger partial charge in [-0.25, -0.2) is 4.39 Å². The number of benzene rings is 2. The van der Waals surface area contributed by atoms with Crippen molar-refractivity contribution in [3.05, 3.63) is 66.0 Å². The van der Waals surface area contributed by atoms with Crippen LogP contribution in [0.4, 0.5) is 4.39 Å². The molecular weight excluding hydrogens is 295 g/mol. The van der Waals surface area contributed by atoms with Crippen LogP contribution < -0.4 is 10.5 Å². The van der Waals surface area contributed by atoms with Crippen LogP contribution in [0, 0.1) is 5.82 Å². The first-order chi connectivity index (χ1) is 11.1. The van der Waals surface area contributed by atoms with Gasteiger partial charge < -0.3 is 10.5 Å². The lowest BCUT2D eigenvalue weighted by Crippen LogP contribution is -2.36. The molecular formula is C18H21FN2O2. The second-order valence-electron chi connectivity index (χ2n) is 5.35. The molecule has 0 aliphatic carbocycles. The van der Waals surface area contributed by atoms with Gasteiger partial charge in [-0.15, -0.1) is 0 Å². The molecule has 0 unspecified atom stereocenters. The highest BCUT2D eigenvalue weighted by Crippen LogP contribution is 2.19. The van der Waals surface area contributed by atoms with Crippen molar-refractivity contribution < 1.29 is 13.9 Å². The van der Waals surface area contributed by atoms with Crippen molar-refractivity contribution in [2.75, 3.05) is 20.2 Å². The van der Waals surface area contributed by atoms with Crippen molar-refractivity contribution in [2.24, 2.45) is 5.73 Å². The van der Waals surface area contributed by atoms with E-state index in [4.69, 9.17) is 10.5 Å². The number of ether oxygens (including phenoxy) is 1. The Balaban J connectivity index is 1.87. The topological polar surface area (TPSA) is 55.6 Å². The van der Waals surface area contributed by atoms with Gasteiger partial charge in [0.25, 0.3) is 0 Å². The number of carbonyl (C=O) groups is 1. The molecule has 4 nitrogen and oxygen atoms in total. The molecule has 1 amide bonds. The zero-order valence-electron chi connectivity index (χ0n) is 13.1. The molecule has 0 aromatic heterocycles. The lowest BCUT2D eigenvalue weighted by Gasteiger charge is -2.25. The predicted molar refractivity (Wildman–Crippen MR) is 87.5 cm³/mol. The van der Waals surface area contributed by atoms with Crippen LogP contribution in [-0.2, 0) is 4.79 Å². The number of nitrogens with two attached hydrogens (primary N) is 1. The Morgan fingerprint density at radius 3 is 2.43 bits per heavy atom. The molecule has 0 spiro atoms. The lowest BCUT2D eigenvalue weighted by atomic mass is 10.0. The molecule has 0 bridgehead atoms. The summed E-state index contributed by atoms with van der Waals surface area (Å²) in [6.07, 6.45) is 0.746. The summed E-state index contributed by atoms with van der Waals surface area (Å²) in [5.41, 5.74) is 6.18. The van der Waals surface area contributed by atoms with E-state index in [0.717, 1.165) is 12.2 Å². The minimum atomic E-state index is -0.577. The van der Waals surface area contributed by atoms with E-state index in [1.807, 2.05) is 42.3 Å². The van der Waals surface area contributed by atoms with Crippen LogP contribution in [0.3, 0.4) is 0 Å². The monoisotopic (exact) mass is 316 g/mol. The van der Waals surface area contributed by atoms with Crippen molar-refractivity contribution in [3.63, 3.8) is 0 Å². The largest absolute Gasteiger partial charge is 0.494 e. The summed E-state index contributed by atoms with van der Waals surface area (Å²) in [6, 6.07) is 14.8. The fourth-order valence-corrected chi connectivity index (χ4v) is 2.43. The summed E-state index contributed by atoms with van der Waals surface area (Å²) < 4.78 is 18.6. The minimum absolute atomic E-state index is 0.337. The van der Waals surface area contributed by atoms with Gasteiger partial charge in [0, 0.05) is 6.54 Å². The number of hydrogen-bond acceptors (Lipinski definition) is 3.